The maximum atomic E-state index is 9.61. The van der Waals surface area contributed by atoms with Crippen LogP contribution in [0.5, 0.6) is 0 Å². The minimum atomic E-state index is -0.221. The minimum Gasteiger partial charge on any atom is -0.394 e. The lowest BCUT2D eigenvalue weighted by Crippen LogP contribution is -2.51. The van der Waals surface area contributed by atoms with Crippen molar-refractivity contribution in [2.75, 3.05) is 53.7 Å². The van der Waals surface area contributed by atoms with Gasteiger partial charge in [0.05, 0.1) is 13.2 Å². The number of nitrogens with one attached hydrogen (secondary N) is 1. The van der Waals surface area contributed by atoms with E-state index in [1.165, 1.54) is 0 Å². The molecule has 0 heterocycles. The van der Waals surface area contributed by atoms with E-state index in [9.17, 15) is 5.11 Å². The van der Waals surface area contributed by atoms with E-state index in [1.54, 1.807) is 14.2 Å². The number of nitrogens with zero attached hydrogens (tertiary/aromatic N) is 1. The van der Waals surface area contributed by atoms with Gasteiger partial charge in [0.1, 0.15) is 0 Å². The van der Waals surface area contributed by atoms with Gasteiger partial charge in [-0.25, -0.2) is 0 Å². The molecule has 0 bridgehead atoms. The molecule has 5 nitrogen and oxygen atoms in total. The summed E-state index contributed by atoms with van der Waals surface area (Å²) in [4.78, 5) is 2.41. The van der Waals surface area contributed by atoms with Crippen LogP contribution in [0.25, 0.3) is 0 Å². The molecular weight excluding hydrogens is 256 g/mol. The average molecular weight is 290 g/mol. The van der Waals surface area contributed by atoms with Gasteiger partial charge in [0, 0.05) is 45.5 Å². The van der Waals surface area contributed by atoms with Gasteiger partial charge in [-0.2, -0.15) is 0 Å². The molecule has 20 heavy (non-hydrogen) atoms. The number of methoxy groups -OCH3 is 2. The van der Waals surface area contributed by atoms with Crippen LogP contribution in [0.1, 0.15) is 33.6 Å². The van der Waals surface area contributed by atoms with Gasteiger partial charge < -0.3 is 19.9 Å². The van der Waals surface area contributed by atoms with Crippen LogP contribution in [0.2, 0.25) is 0 Å². The summed E-state index contributed by atoms with van der Waals surface area (Å²) < 4.78 is 10.3. The van der Waals surface area contributed by atoms with Crippen molar-refractivity contribution in [1.82, 2.24) is 10.2 Å². The number of rotatable bonds is 13. The predicted octanol–water partition coefficient (Wildman–Crippen LogP) is 1.11. The third-order valence-corrected chi connectivity index (χ3v) is 3.70. The molecule has 0 aromatic heterocycles. The second-order valence-corrected chi connectivity index (χ2v) is 5.68. The summed E-state index contributed by atoms with van der Waals surface area (Å²) in [5.74, 6) is 0. The molecule has 0 rings (SSSR count). The number of hydrogen-bond acceptors (Lipinski definition) is 5. The molecule has 0 aromatic rings. The molecule has 0 aliphatic rings. The molecule has 0 aliphatic carbocycles. The standard InChI is InChI=1S/C15H34N2O3/c1-6-16-15(3,13-18)12-14(2)17(9-11-20-5)8-7-10-19-4/h14,16,18H,6-13H2,1-5H3. The van der Waals surface area contributed by atoms with Crippen LogP contribution in [0.3, 0.4) is 0 Å². The predicted molar refractivity (Wildman–Crippen MR) is 83.2 cm³/mol. The maximum absolute atomic E-state index is 9.61. The summed E-state index contributed by atoms with van der Waals surface area (Å²) in [5.41, 5.74) is -0.221. The fourth-order valence-corrected chi connectivity index (χ4v) is 2.57. The molecule has 0 radical (unpaired) electrons. The van der Waals surface area contributed by atoms with E-state index in [2.05, 4.69) is 31.0 Å². The molecular formula is C15H34N2O3. The Morgan fingerprint density at radius 3 is 2.35 bits per heavy atom. The van der Waals surface area contributed by atoms with Gasteiger partial charge in [0.15, 0.2) is 0 Å². The lowest BCUT2D eigenvalue weighted by Gasteiger charge is -2.36. The van der Waals surface area contributed by atoms with E-state index in [-0.39, 0.29) is 12.1 Å². The number of aliphatic hydroxyl groups is 1. The molecule has 0 saturated carbocycles. The fraction of sp³-hybridized carbons (Fsp3) is 1.00. The molecule has 2 unspecified atom stereocenters. The highest BCUT2D eigenvalue weighted by Crippen LogP contribution is 2.16. The number of aliphatic hydroxyl groups excluding tert-OH is 1. The Labute approximate surface area is 124 Å². The summed E-state index contributed by atoms with van der Waals surface area (Å²) in [6, 6.07) is 0.387. The topological polar surface area (TPSA) is 54.0 Å². The molecule has 0 spiro atoms. The zero-order valence-electron chi connectivity index (χ0n) is 13.9. The average Bonchev–Trinajstić information content (AvgIpc) is 2.42. The SMILES string of the molecule is CCNC(C)(CO)CC(C)N(CCCOC)CCOC. The van der Waals surface area contributed by atoms with Crippen molar-refractivity contribution in [2.45, 2.75) is 45.2 Å². The Morgan fingerprint density at radius 2 is 1.85 bits per heavy atom. The van der Waals surface area contributed by atoms with Crippen molar-refractivity contribution in [3.05, 3.63) is 0 Å². The van der Waals surface area contributed by atoms with Crippen molar-refractivity contribution in [3.63, 3.8) is 0 Å². The molecule has 0 amide bonds. The first-order valence-corrected chi connectivity index (χ1v) is 7.60. The molecule has 2 atom stereocenters. The third kappa shape index (κ3) is 8.17. The van der Waals surface area contributed by atoms with E-state index in [1.807, 2.05) is 0 Å². The molecule has 0 fully saturated rings. The Kier molecular flexibility index (Phi) is 11.3. The summed E-state index contributed by atoms with van der Waals surface area (Å²) in [7, 11) is 3.46. The second kappa shape index (κ2) is 11.5. The first-order chi connectivity index (χ1) is 9.52. The first kappa shape index (κ1) is 19.8. The Hall–Kier alpha value is -0.200. The Bertz CT molecular complexity index is 229. The van der Waals surface area contributed by atoms with Crippen LogP contribution in [-0.4, -0.2) is 75.3 Å². The van der Waals surface area contributed by atoms with Crippen molar-refractivity contribution < 1.29 is 14.6 Å². The third-order valence-electron chi connectivity index (χ3n) is 3.70. The van der Waals surface area contributed by atoms with Crippen LogP contribution in [-0.2, 0) is 9.47 Å². The van der Waals surface area contributed by atoms with Crippen molar-refractivity contribution in [2.24, 2.45) is 0 Å². The molecule has 0 saturated heterocycles. The first-order valence-electron chi connectivity index (χ1n) is 7.60. The highest BCUT2D eigenvalue weighted by molar-refractivity contribution is 4.86. The second-order valence-electron chi connectivity index (χ2n) is 5.68. The molecule has 0 aromatic carbocycles. The molecule has 2 N–H and O–H groups in total. The number of ether oxygens (including phenoxy) is 2. The van der Waals surface area contributed by atoms with Crippen LogP contribution in [0, 0.1) is 0 Å². The summed E-state index contributed by atoms with van der Waals surface area (Å²) in [6.07, 6.45) is 1.93. The van der Waals surface area contributed by atoms with E-state index in [0.29, 0.717) is 6.04 Å². The van der Waals surface area contributed by atoms with Gasteiger partial charge in [-0.15, -0.1) is 0 Å². The lowest BCUT2D eigenvalue weighted by molar-refractivity contribution is 0.0822. The van der Waals surface area contributed by atoms with E-state index < -0.39 is 0 Å². The van der Waals surface area contributed by atoms with E-state index in [4.69, 9.17) is 9.47 Å². The van der Waals surface area contributed by atoms with Crippen LogP contribution < -0.4 is 5.32 Å². The normalized spacial score (nSPS) is 16.4. The Balaban J connectivity index is 4.45. The smallest absolute Gasteiger partial charge is 0.0611 e. The van der Waals surface area contributed by atoms with Crippen molar-refractivity contribution in [1.29, 1.82) is 0 Å². The zero-order chi connectivity index (χ0) is 15.4. The lowest BCUT2D eigenvalue weighted by atomic mass is 9.93. The van der Waals surface area contributed by atoms with Crippen LogP contribution >= 0.6 is 0 Å². The number of hydrogen-bond donors (Lipinski definition) is 2. The molecule has 0 aliphatic heterocycles. The summed E-state index contributed by atoms with van der Waals surface area (Å²) >= 11 is 0. The van der Waals surface area contributed by atoms with Gasteiger partial charge in [-0.05, 0) is 33.2 Å². The van der Waals surface area contributed by atoms with Crippen LogP contribution in [0.4, 0.5) is 0 Å². The molecule has 122 valence electrons. The Morgan fingerprint density at radius 1 is 1.20 bits per heavy atom. The van der Waals surface area contributed by atoms with Crippen molar-refractivity contribution >= 4 is 0 Å². The van der Waals surface area contributed by atoms with Gasteiger partial charge in [-0.3, -0.25) is 4.90 Å². The van der Waals surface area contributed by atoms with Gasteiger partial charge >= 0.3 is 0 Å². The van der Waals surface area contributed by atoms with Gasteiger partial charge in [0.2, 0.25) is 0 Å². The minimum absolute atomic E-state index is 0.154. The van der Waals surface area contributed by atoms with Gasteiger partial charge in [0.25, 0.3) is 0 Å². The van der Waals surface area contributed by atoms with E-state index in [0.717, 1.165) is 45.7 Å². The molecule has 5 heteroatoms. The largest absolute Gasteiger partial charge is 0.394 e. The fourth-order valence-electron chi connectivity index (χ4n) is 2.57. The highest BCUT2D eigenvalue weighted by atomic mass is 16.5. The zero-order valence-corrected chi connectivity index (χ0v) is 13.9. The van der Waals surface area contributed by atoms with Gasteiger partial charge in [-0.1, -0.05) is 6.92 Å². The van der Waals surface area contributed by atoms with E-state index >= 15 is 0 Å². The maximum Gasteiger partial charge on any atom is 0.0611 e. The monoisotopic (exact) mass is 290 g/mol. The van der Waals surface area contributed by atoms with Crippen LogP contribution in [0.15, 0.2) is 0 Å². The highest BCUT2D eigenvalue weighted by Gasteiger charge is 2.27. The number of likely N-dealkylation sites (N-methyl/N-ethyl adjacent to an activating group) is 1. The summed E-state index contributed by atoms with van der Waals surface area (Å²) in [6.45, 7) is 10.8. The quantitative estimate of drug-likeness (QED) is 0.498. The van der Waals surface area contributed by atoms with Crippen molar-refractivity contribution in [3.8, 4) is 0 Å². The summed E-state index contributed by atoms with van der Waals surface area (Å²) in [5, 5.41) is 13.0.